The molecule has 2 aliphatic rings. The van der Waals surface area contributed by atoms with E-state index in [9.17, 15) is 9.18 Å². The van der Waals surface area contributed by atoms with Crippen molar-refractivity contribution in [1.82, 2.24) is 9.78 Å². The largest absolute Gasteiger partial charge is 0.381 e. The summed E-state index contributed by atoms with van der Waals surface area (Å²) in [6.07, 6.45) is 0.707. The summed E-state index contributed by atoms with van der Waals surface area (Å²) in [7, 11) is 0. The zero-order valence-corrected chi connectivity index (χ0v) is 16.5. The van der Waals surface area contributed by atoms with Gasteiger partial charge >= 0.3 is 0 Å². The van der Waals surface area contributed by atoms with Crippen LogP contribution in [-0.4, -0.2) is 55.2 Å². The van der Waals surface area contributed by atoms with Crippen LogP contribution in [-0.2, 0) is 14.3 Å². The Labute approximate surface area is 173 Å². The minimum absolute atomic E-state index is 0.0880. The average Bonchev–Trinajstić information content (AvgIpc) is 3.44. The van der Waals surface area contributed by atoms with Gasteiger partial charge in [0.05, 0.1) is 48.0 Å². The first-order valence-electron chi connectivity index (χ1n) is 10.2. The molecule has 2 fully saturated rings. The van der Waals surface area contributed by atoms with Crippen molar-refractivity contribution in [3.05, 3.63) is 48.3 Å². The first-order valence-corrected chi connectivity index (χ1v) is 10.2. The summed E-state index contributed by atoms with van der Waals surface area (Å²) in [6, 6.07) is 12.2. The Kier molecular flexibility index (Phi) is 5.10. The molecule has 2 aliphatic heterocycles. The lowest BCUT2D eigenvalue weighted by Crippen LogP contribution is -2.36. The van der Waals surface area contributed by atoms with Gasteiger partial charge in [-0.1, -0.05) is 6.07 Å². The lowest BCUT2D eigenvalue weighted by molar-refractivity contribution is -0.119. The molecular formula is C22H23FN4O3. The Morgan fingerprint density at radius 3 is 2.60 bits per heavy atom. The van der Waals surface area contributed by atoms with Gasteiger partial charge in [-0.15, -0.1) is 5.10 Å². The summed E-state index contributed by atoms with van der Waals surface area (Å²) in [4.78, 5) is 15.1. The number of halogens is 1. The Morgan fingerprint density at radius 1 is 1.07 bits per heavy atom. The van der Waals surface area contributed by atoms with E-state index in [2.05, 4.69) is 10.2 Å². The minimum atomic E-state index is -0.307. The number of amides is 1. The molecule has 1 amide bonds. The number of nitrogens with zero attached hydrogens (tertiary/aromatic N) is 3. The van der Waals surface area contributed by atoms with Crippen LogP contribution >= 0.6 is 0 Å². The fourth-order valence-electron chi connectivity index (χ4n) is 4.05. The highest BCUT2D eigenvalue weighted by Gasteiger charge is 2.27. The standard InChI is InChI=1S/C22H23FN4O3/c23-16-4-6-17(7-5-16)27-19-3-1-2-18(26-9-12-29-13-10-26)20(19)21(25-27)24-22(28)15-8-11-30-14-15/h1-7,15H,8-14H2,(H,24,25,28)/t15-/m1/s1. The predicted octanol–water partition coefficient (Wildman–Crippen LogP) is 2.98. The van der Waals surface area contributed by atoms with Gasteiger partial charge in [-0.3, -0.25) is 4.79 Å². The fourth-order valence-corrected chi connectivity index (χ4v) is 4.05. The molecule has 3 aromatic rings. The van der Waals surface area contributed by atoms with Crippen molar-refractivity contribution < 1.29 is 18.7 Å². The summed E-state index contributed by atoms with van der Waals surface area (Å²) < 4.78 is 26.1. The van der Waals surface area contributed by atoms with E-state index < -0.39 is 0 Å². The van der Waals surface area contributed by atoms with E-state index in [0.717, 1.165) is 35.4 Å². The number of anilines is 2. The van der Waals surface area contributed by atoms with E-state index in [-0.39, 0.29) is 17.6 Å². The number of carbonyl (C=O) groups excluding carboxylic acids is 1. The second-order valence-corrected chi connectivity index (χ2v) is 7.56. The summed E-state index contributed by atoms with van der Waals surface area (Å²) in [5.74, 6) is -0.0613. The molecule has 0 saturated carbocycles. The van der Waals surface area contributed by atoms with Gasteiger partial charge in [0.1, 0.15) is 5.82 Å². The van der Waals surface area contributed by atoms with Crippen LogP contribution in [0.5, 0.6) is 0 Å². The van der Waals surface area contributed by atoms with Crippen LogP contribution in [0.25, 0.3) is 16.6 Å². The third kappa shape index (κ3) is 3.53. The molecular weight excluding hydrogens is 387 g/mol. The molecule has 30 heavy (non-hydrogen) atoms. The van der Waals surface area contributed by atoms with Crippen molar-refractivity contribution in [2.75, 3.05) is 49.7 Å². The molecule has 2 aromatic carbocycles. The number of rotatable bonds is 4. The van der Waals surface area contributed by atoms with E-state index in [1.807, 2.05) is 18.2 Å². The number of morpholine rings is 1. The Bertz CT molecular complexity index is 1050. The first kappa shape index (κ1) is 19.0. The molecule has 0 unspecified atom stereocenters. The van der Waals surface area contributed by atoms with Gasteiger partial charge in [-0.05, 0) is 42.8 Å². The van der Waals surface area contributed by atoms with Crippen LogP contribution in [0.15, 0.2) is 42.5 Å². The van der Waals surface area contributed by atoms with Crippen LogP contribution in [0.4, 0.5) is 15.9 Å². The SMILES string of the molecule is O=C(Nc1nn(-c2ccc(F)cc2)c2cccc(N3CCOCC3)c12)[C@@H]1CCOC1. The van der Waals surface area contributed by atoms with Crippen LogP contribution in [0.1, 0.15) is 6.42 Å². The quantitative estimate of drug-likeness (QED) is 0.716. The van der Waals surface area contributed by atoms with Gasteiger partial charge in [-0.25, -0.2) is 9.07 Å². The molecule has 8 heteroatoms. The zero-order valence-electron chi connectivity index (χ0n) is 16.5. The number of hydrogen-bond donors (Lipinski definition) is 1. The van der Waals surface area contributed by atoms with E-state index in [0.29, 0.717) is 38.7 Å². The molecule has 1 N–H and O–H groups in total. The van der Waals surface area contributed by atoms with Crippen molar-refractivity contribution in [2.45, 2.75) is 6.42 Å². The molecule has 5 rings (SSSR count). The van der Waals surface area contributed by atoms with Gasteiger partial charge in [0, 0.05) is 19.7 Å². The topological polar surface area (TPSA) is 68.6 Å². The Balaban J connectivity index is 1.62. The van der Waals surface area contributed by atoms with Crippen molar-refractivity contribution in [1.29, 1.82) is 0 Å². The van der Waals surface area contributed by atoms with E-state index in [4.69, 9.17) is 14.6 Å². The Hall–Kier alpha value is -2.97. The molecule has 0 bridgehead atoms. The smallest absolute Gasteiger partial charge is 0.231 e. The first-order chi connectivity index (χ1) is 14.7. The minimum Gasteiger partial charge on any atom is -0.381 e. The number of carbonyl (C=O) groups is 1. The van der Waals surface area contributed by atoms with Gasteiger partial charge in [-0.2, -0.15) is 0 Å². The van der Waals surface area contributed by atoms with Crippen LogP contribution in [0.3, 0.4) is 0 Å². The van der Waals surface area contributed by atoms with Crippen molar-refractivity contribution >= 4 is 28.3 Å². The number of nitrogens with one attached hydrogen (secondary N) is 1. The molecule has 0 spiro atoms. The highest BCUT2D eigenvalue weighted by Crippen LogP contribution is 2.35. The summed E-state index contributed by atoms with van der Waals surface area (Å²) >= 11 is 0. The Morgan fingerprint density at radius 2 is 1.87 bits per heavy atom. The molecule has 1 atom stereocenters. The molecule has 1 aromatic heterocycles. The average molecular weight is 410 g/mol. The van der Waals surface area contributed by atoms with Gasteiger partial charge in [0.15, 0.2) is 5.82 Å². The van der Waals surface area contributed by atoms with Crippen molar-refractivity contribution in [3.63, 3.8) is 0 Å². The summed E-state index contributed by atoms with van der Waals surface area (Å²) in [6.45, 7) is 3.88. The third-order valence-corrected chi connectivity index (χ3v) is 5.65. The maximum Gasteiger partial charge on any atom is 0.231 e. The van der Waals surface area contributed by atoms with Gasteiger partial charge < -0.3 is 19.7 Å². The van der Waals surface area contributed by atoms with Crippen LogP contribution in [0.2, 0.25) is 0 Å². The highest BCUT2D eigenvalue weighted by molar-refractivity contribution is 6.07. The second-order valence-electron chi connectivity index (χ2n) is 7.56. The van der Waals surface area contributed by atoms with Crippen LogP contribution in [0, 0.1) is 11.7 Å². The molecule has 2 saturated heterocycles. The van der Waals surface area contributed by atoms with E-state index in [1.165, 1.54) is 12.1 Å². The molecule has 0 aliphatic carbocycles. The molecule has 7 nitrogen and oxygen atoms in total. The lowest BCUT2D eigenvalue weighted by atomic mass is 10.1. The van der Waals surface area contributed by atoms with E-state index >= 15 is 0 Å². The van der Waals surface area contributed by atoms with Crippen molar-refractivity contribution in [3.8, 4) is 5.69 Å². The normalized spacial score (nSPS) is 19.4. The highest BCUT2D eigenvalue weighted by atomic mass is 19.1. The third-order valence-electron chi connectivity index (χ3n) is 5.65. The second kappa shape index (κ2) is 8.04. The number of aromatic nitrogens is 2. The number of hydrogen-bond acceptors (Lipinski definition) is 5. The maximum atomic E-state index is 13.5. The summed E-state index contributed by atoms with van der Waals surface area (Å²) in [5.41, 5.74) is 2.58. The number of ether oxygens (including phenoxy) is 2. The van der Waals surface area contributed by atoms with Crippen molar-refractivity contribution in [2.24, 2.45) is 5.92 Å². The fraction of sp³-hybridized carbons (Fsp3) is 0.364. The van der Waals surface area contributed by atoms with Gasteiger partial charge in [0.2, 0.25) is 5.91 Å². The number of fused-ring (bicyclic) bond motifs is 1. The molecule has 3 heterocycles. The zero-order chi connectivity index (χ0) is 20.5. The van der Waals surface area contributed by atoms with Gasteiger partial charge in [0.25, 0.3) is 0 Å². The van der Waals surface area contributed by atoms with Crippen LogP contribution < -0.4 is 10.2 Å². The molecule has 0 radical (unpaired) electrons. The predicted molar refractivity (Wildman–Crippen MR) is 112 cm³/mol. The lowest BCUT2D eigenvalue weighted by Gasteiger charge is -2.29. The maximum absolute atomic E-state index is 13.5. The van der Waals surface area contributed by atoms with E-state index in [1.54, 1.807) is 16.8 Å². The molecule has 156 valence electrons. The summed E-state index contributed by atoms with van der Waals surface area (Å²) in [5, 5.41) is 8.62. The monoisotopic (exact) mass is 410 g/mol. The number of benzene rings is 2.